The van der Waals surface area contributed by atoms with Gasteiger partial charge in [0.1, 0.15) is 0 Å². The summed E-state index contributed by atoms with van der Waals surface area (Å²) in [6, 6.07) is -0.0655. The van der Waals surface area contributed by atoms with Gasteiger partial charge in [0.05, 0.1) is 6.04 Å². The van der Waals surface area contributed by atoms with Gasteiger partial charge in [0.15, 0.2) is 0 Å². The fourth-order valence-electron chi connectivity index (χ4n) is 2.22. The van der Waals surface area contributed by atoms with E-state index in [1.807, 2.05) is 14.1 Å². The maximum atomic E-state index is 12.3. The van der Waals surface area contributed by atoms with Gasteiger partial charge in [-0.2, -0.15) is 0 Å². The average molecular weight is 255 g/mol. The third kappa shape index (κ3) is 3.69. The third-order valence-electron chi connectivity index (χ3n) is 4.30. The Hall–Kier alpha value is -0.610. The first-order chi connectivity index (χ1) is 8.17. The number of carbonyl (C=O) groups is 1. The second kappa shape index (κ2) is 5.57. The molecule has 0 radical (unpaired) electrons. The van der Waals surface area contributed by atoms with Crippen LogP contribution in [0.15, 0.2) is 0 Å². The molecule has 18 heavy (non-hydrogen) atoms. The lowest BCUT2D eigenvalue weighted by atomic mass is 9.77. The Morgan fingerprint density at radius 3 is 2.56 bits per heavy atom. The van der Waals surface area contributed by atoms with Gasteiger partial charge >= 0.3 is 0 Å². The number of rotatable bonds is 4. The maximum absolute atomic E-state index is 12.3. The van der Waals surface area contributed by atoms with E-state index in [4.69, 9.17) is 0 Å². The van der Waals surface area contributed by atoms with Crippen molar-refractivity contribution < 1.29 is 4.79 Å². The first kappa shape index (κ1) is 15.4. The molecule has 1 unspecified atom stereocenters. The van der Waals surface area contributed by atoms with Crippen LogP contribution in [-0.2, 0) is 4.79 Å². The molecule has 0 bridgehead atoms. The number of hydrogen-bond acceptors (Lipinski definition) is 3. The second-order valence-corrected chi connectivity index (χ2v) is 6.90. The van der Waals surface area contributed by atoms with Gasteiger partial charge in [0.2, 0.25) is 5.91 Å². The zero-order valence-electron chi connectivity index (χ0n) is 12.8. The molecule has 1 amide bonds. The maximum Gasteiger partial charge on any atom is 0.237 e. The largest absolute Gasteiger partial charge is 0.353 e. The van der Waals surface area contributed by atoms with Crippen molar-refractivity contribution in [2.75, 3.05) is 27.2 Å². The smallest absolute Gasteiger partial charge is 0.237 e. The number of likely N-dealkylation sites (N-methyl/N-ethyl adjacent to an activating group) is 1. The first-order valence-electron chi connectivity index (χ1n) is 6.85. The molecule has 0 spiro atoms. The van der Waals surface area contributed by atoms with Crippen LogP contribution in [0.25, 0.3) is 0 Å². The van der Waals surface area contributed by atoms with Crippen molar-refractivity contribution in [2.24, 2.45) is 5.41 Å². The van der Waals surface area contributed by atoms with Crippen LogP contribution in [-0.4, -0.2) is 49.6 Å². The quantitative estimate of drug-likeness (QED) is 0.794. The number of piperidine rings is 1. The summed E-state index contributed by atoms with van der Waals surface area (Å²) in [5.41, 5.74) is 0.0268. The molecule has 1 atom stereocenters. The fraction of sp³-hybridized carbons (Fsp3) is 0.929. The number of amides is 1. The van der Waals surface area contributed by atoms with Crippen LogP contribution in [0.3, 0.4) is 0 Å². The van der Waals surface area contributed by atoms with Crippen molar-refractivity contribution in [3.8, 4) is 0 Å². The van der Waals surface area contributed by atoms with Gasteiger partial charge in [-0.05, 0) is 52.7 Å². The Balaban J connectivity index is 2.55. The number of hydrogen-bond donors (Lipinski definition) is 2. The minimum absolute atomic E-state index is 0.0194. The Kier molecular flexibility index (Phi) is 4.78. The molecular formula is C14H29N3O. The molecule has 0 aliphatic carbocycles. The minimum atomic E-state index is -0.0655. The van der Waals surface area contributed by atoms with Crippen molar-refractivity contribution in [1.82, 2.24) is 15.5 Å². The summed E-state index contributed by atoms with van der Waals surface area (Å²) >= 11 is 0. The molecule has 4 heteroatoms. The molecule has 0 aromatic carbocycles. The molecule has 0 saturated carbocycles. The first-order valence-corrected chi connectivity index (χ1v) is 6.85. The predicted octanol–water partition coefficient (Wildman–Crippen LogP) is 1.22. The van der Waals surface area contributed by atoms with Crippen LogP contribution < -0.4 is 10.6 Å². The molecule has 0 aromatic heterocycles. The Bertz CT molecular complexity index is 297. The molecule has 106 valence electrons. The Morgan fingerprint density at radius 1 is 1.44 bits per heavy atom. The van der Waals surface area contributed by atoms with Crippen molar-refractivity contribution >= 4 is 5.91 Å². The van der Waals surface area contributed by atoms with E-state index in [1.54, 1.807) is 0 Å². The van der Waals surface area contributed by atoms with Crippen LogP contribution in [0.2, 0.25) is 0 Å². The summed E-state index contributed by atoms with van der Waals surface area (Å²) in [6.45, 7) is 10.2. The SMILES string of the molecule is CN(C)C(C)(C)CNC(=O)C1NCCCC1(C)C. The summed E-state index contributed by atoms with van der Waals surface area (Å²) in [7, 11) is 4.07. The number of nitrogens with one attached hydrogen (secondary N) is 2. The van der Waals surface area contributed by atoms with Crippen LogP contribution in [0, 0.1) is 5.41 Å². The molecule has 4 nitrogen and oxygen atoms in total. The summed E-state index contributed by atoms with van der Waals surface area (Å²) < 4.78 is 0. The van der Waals surface area contributed by atoms with Gasteiger partial charge in [-0.1, -0.05) is 13.8 Å². The highest BCUT2D eigenvalue weighted by atomic mass is 16.2. The van der Waals surface area contributed by atoms with E-state index in [1.165, 1.54) is 0 Å². The molecule has 1 aliphatic heterocycles. The van der Waals surface area contributed by atoms with Crippen molar-refractivity contribution in [2.45, 2.75) is 52.1 Å². The molecule has 0 aromatic rings. The molecule has 2 N–H and O–H groups in total. The van der Waals surface area contributed by atoms with Crippen molar-refractivity contribution in [3.05, 3.63) is 0 Å². The monoisotopic (exact) mass is 255 g/mol. The number of nitrogens with zero attached hydrogens (tertiary/aromatic N) is 1. The van der Waals surface area contributed by atoms with Gasteiger partial charge in [-0.15, -0.1) is 0 Å². The van der Waals surface area contributed by atoms with Crippen molar-refractivity contribution in [3.63, 3.8) is 0 Å². The Labute approximate surface area is 111 Å². The predicted molar refractivity (Wildman–Crippen MR) is 75.6 cm³/mol. The van der Waals surface area contributed by atoms with Gasteiger partial charge in [-0.25, -0.2) is 0 Å². The van der Waals surface area contributed by atoms with E-state index in [0.717, 1.165) is 19.4 Å². The van der Waals surface area contributed by atoms with Gasteiger partial charge in [-0.3, -0.25) is 4.79 Å². The molecule has 1 heterocycles. The zero-order chi connectivity index (χ0) is 14.0. The summed E-state index contributed by atoms with van der Waals surface area (Å²) in [5.74, 6) is 0.134. The lowest BCUT2D eigenvalue weighted by Gasteiger charge is -2.39. The second-order valence-electron chi connectivity index (χ2n) is 6.90. The molecule has 1 aliphatic rings. The van der Waals surface area contributed by atoms with Crippen LogP contribution in [0.5, 0.6) is 0 Å². The lowest BCUT2D eigenvalue weighted by molar-refractivity contribution is -0.127. The average Bonchev–Trinajstić information content (AvgIpc) is 2.25. The number of carbonyl (C=O) groups excluding carboxylic acids is 1. The zero-order valence-corrected chi connectivity index (χ0v) is 12.8. The fourth-order valence-corrected chi connectivity index (χ4v) is 2.22. The summed E-state index contributed by atoms with van der Waals surface area (Å²) in [5, 5.41) is 6.44. The lowest BCUT2D eigenvalue weighted by Crippen LogP contribution is -2.58. The van der Waals surface area contributed by atoms with E-state index in [-0.39, 0.29) is 22.9 Å². The molecule has 1 saturated heterocycles. The van der Waals surface area contributed by atoms with E-state index in [9.17, 15) is 4.79 Å². The standard InChI is InChI=1S/C14H29N3O/c1-13(2)8-7-9-15-11(13)12(18)16-10-14(3,4)17(5)6/h11,15H,7-10H2,1-6H3,(H,16,18). The van der Waals surface area contributed by atoms with E-state index < -0.39 is 0 Å². The van der Waals surface area contributed by atoms with Gasteiger partial charge in [0, 0.05) is 12.1 Å². The topological polar surface area (TPSA) is 44.4 Å². The van der Waals surface area contributed by atoms with E-state index in [2.05, 4.69) is 43.2 Å². The third-order valence-corrected chi connectivity index (χ3v) is 4.30. The van der Waals surface area contributed by atoms with E-state index >= 15 is 0 Å². The molecule has 1 rings (SSSR count). The van der Waals surface area contributed by atoms with E-state index in [0.29, 0.717) is 6.54 Å². The molecule has 1 fully saturated rings. The summed E-state index contributed by atoms with van der Waals surface area (Å²) in [6.07, 6.45) is 2.26. The minimum Gasteiger partial charge on any atom is -0.353 e. The summed E-state index contributed by atoms with van der Waals surface area (Å²) in [4.78, 5) is 14.4. The highest BCUT2D eigenvalue weighted by Crippen LogP contribution is 2.30. The highest BCUT2D eigenvalue weighted by Gasteiger charge is 2.37. The normalized spacial score (nSPS) is 24.1. The van der Waals surface area contributed by atoms with Crippen LogP contribution in [0.4, 0.5) is 0 Å². The van der Waals surface area contributed by atoms with Crippen molar-refractivity contribution in [1.29, 1.82) is 0 Å². The highest BCUT2D eigenvalue weighted by molar-refractivity contribution is 5.82. The van der Waals surface area contributed by atoms with Crippen LogP contribution in [0.1, 0.15) is 40.5 Å². The molecular weight excluding hydrogens is 226 g/mol. The Morgan fingerprint density at radius 2 is 2.06 bits per heavy atom. The van der Waals surface area contributed by atoms with Crippen LogP contribution >= 0.6 is 0 Å². The van der Waals surface area contributed by atoms with Gasteiger partial charge < -0.3 is 15.5 Å². The van der Waals surface area contributed by atoms with Gasteiger partial charge in [0.25, 0.3) is 0 Å².